The van der Waals surface area contributed by atoms with E-state index in [2.05, 4.69) is 4.98 Å². The molecule has 2 saturated heterocycles. The number of carbonyl (C=O) groups is 1. The number of likely N-dealkylation sites (tertiary alicyclic amines) is 1. The SMILES string of the molecule is O=C(CC1CCS(=O)(=O)CC1)N1CCC(Cc2ccc(=O)[nH]c2)C1. The highest BCUT2D eigenvalue weighted by atomic mass is 32.2. The number of rotatable bonds is 4. The van der Waals surface area contributed by atoms with Gasteiger partial charge in [-0.2, -0.15) is 0 Å². The second-order valence-electron chi connectivity index (χ2n) is 7.06. The highest BCUT2D eigenvalue weighted by Crippen LogP contribution is 2.26. The van der Waals surface area contributed by atoms with Crippen molar-refractivity contribution in [2.24, 2.45) is 11.8 Å². The molecule has 132 valence electrons. The largest absolute Gasteiger partial charge is 0.342 e. The fraction of sp³-hybridized carbons (Fsp3) is 0.647. The zero-order valence-corrected chi connectivity index (χ0v) is 14.6. The number of nitrogens with zero attached hydrogens (tertiary/aromatic N) is 1. The zero-order valence-electron chi connectivity index (χ0n) is 13.7. The quantitative estimate of drug-likeness (QED) is 0.875. The van der Waals surface area contributed by atoms with Gasteiger partial charge in [-0.05, 0) is 43.1 Å². The normalized spacial score (nSPS) is 24.2. The number of carbonyl (C=O) groups excluding carboxylic acids is 1. The number of nitrogens with one attached hydrogen (secondary N) is 1. The van der Waals surface area contributed by atoms with Gasteiger partial charge >= 0.3 is 0 Å². The van der Waals surface area contributed by atoms with Crippen LogP contribution in [0.1, 0.15) is 31.2 Å². The van der Waals surface area contributed by atoms with Gasteiger partial charge in [0.15, 0.2) is 0 Å². The first-order chi connectivity index (χ1) is 11.4. The average Bonchev–Trinajstić information content (AvgIpc) is 3.00. The lowest BCUT2D eigenvalue weighted by Crippen LogP contribution is -2.33. The smallest absolute Gasteiger partial charge is 0.247 e. The van der Waals surface area contributed by atoms with Gasteiger partial charge in [-0.1, -0.05) is 6.07 Å². The number of H-pyrrole nitrogens is 1. The molecule has 1 atom stereocenters. The maximum absolute atomic E-state index is 12.4. The Bertz CT molecular complexity index is 722. The Labute approximate surface area is 142 Å². The average molecular weight is 352 g/mol. The third-order valence-electron chi connectivity index (χ3n) is 5.15. The monoisotopic (exact) mass is 352 g/mol. The van der Waals surface area contributed by atoms with Crippen LogP contribution in [0.3, 0.4) is 0 Å². The third-order valence-corrected chi connectivity index (χ3v) is 6.86. The lowest BCUT2D eigenvalue weighted by atomic mass is 9.98. The summed E-state index contributed by atoms with van der Waals surface area (Å²) < 4.78 is 22.9. The lowest BCUT2D eigenvalue weighted by molar-refractivity contribution is -0.131. The maximum atomic E-state index is 12.4. The molecule has 7 heteroatoms. The lowest BCUT2D eigenvalue weighted by Gasteiger charge is -2.24. The Kier molecular flexibility index (Phi) is 5.08. The van der Waals surface area contributed by atoms with E-state index in [1.54, 1.807) is 6.20 Å². The number of sulfone groups is 1. The van der Waals surface area contributed by atoms with Crippen LogP contribution in [-0.2, 0) is 21.1 Å². The molecule has 0 spiro atoms. The van der Waals surface area contributed by atoms with Crippen molar-refractivity contribution in [1.29, 1.82) is 0 Å². The van der Waals surface area contributed by atoms with Crippen molar-refractivity contribution in [2.45, 2.75) is 32.1 Å². The number of amides is 1. The van der Waals surface area contributed by atoms with Crippen LogP contribution in [0.15, 0.2) is 23.1 Å². The summed E-state index contributed by atoms with van der Waals surface area (Å²) in [6, 6.07) is 3.37. The molecule has 0 bridgehead atoms. The molecule has 3 heterocycles. The molecule has 1 amide bonds. The molecule has 0 saturated carbocycles. The summed E-state index contributed by atoms with van der Waals surface area (Å²) >= 11 is 0. The molecule has 24 heavy (non-hydrogen) atoms. The molecule has 1 N–H and O–H groups in total. The van der Waals surface area contributed by atoms with Crippen LogP contribution in [0.4, 0.5) is 0 Å². The van der Waals surface area contributed by atoms with E-state index in [-0.39, 0.29) is 28.9 Å². The van der Waals surface area contributed by atoms with Crippen molar-refractivity contribution in [3.05, 3.63) is 34.2 Å². The van der Waals surface area contributed by atoms with Gasteiger partial charge in [0, 0.05) is 31.8 Å². The summed E-state index contributed by atoms with van der Waals surface area (Å²) in [4.78, 5) is 28.1. The van der Waals surface area contributed by atoms with Crippen LogP contribution in [0.5, 0.6) is 0 Å². The van der Waals surface area contributed by atoms with Gasteiger partial charge in [-0.3, -0.25) is 9.59 Å². The molecule has 1 aromatic heterocycles. The van der Waals surface area contributed by atoms with Gasteiger partial charge in [0.05, 0.1) is 11.5 Å². The van der Waals surface area contributed by atoms with E-state index in [1.807, 2.05) is 11.0 Å². The van der Waals surface area contributed by atoms with Gasteiger partial charge < -0.3 is 9.88 Å². The second-order valence-corrected chi connectivity index (χ2v) is 9.36. The minimum atomic E-state index is -2.87. The Hall–Kier alpha value is -1.63. The van der Waals surface area contributed by atoms with Crippen molar-refractivity contribution >= 4 is 15.7 Å². The first-order valence-electron chi connectivity index (χ1n) is 8.57. The number of hydrogen-bond acceptors (Lipinski definition) is 4. The molecule has 0 aromatic carbocycles. The second kappa shape index (κ2) is 7.09. The van der Waals surface area contributed by atoms with Gasteiger partial charge in [0.2, 0.25) is 11.5 Å². The molecule has 1 unspecified atom stereocenters. The van der Waals surface area contributed by atoms with Crippen molar-refractivity contribution in [3.8, 4) is 0 Å². The molecule has 6 nitrogen and oxygen atoms in total. The summed E-state index contributed by atoms with van der Waals surface area (Å²) in [7, 11) is -2.87. The number of aromatic nitrogens is 1. The van der Waals surface area contributed by atoms with E-state index < -0.39 is 9.84 Å². The predicted octanol–water partition coefficient (Wildman–Crippen LogP) is 0.981. The van der Waals surface area contributed by atoms with Gasteiger partial charge in [-0.15, -0.1) is 0 Å². The summed E-state index contributed by atoms with van der Waals surface area (Å²) in [5, 5.41) is 0. The van der Waals surface area contributed by atoms with Gasteiger partial charge in [0.25, 0.3) is 0 Å². The van der Waals surface area contributed by atoms with Crippen LogP contribution in [0.2, 0.25) is 0 Å². The van der Waals surface area contributed by atoms with Crippen LogP contribution in [-0.4, -0.2) is 48.8 Å². The number of pyridine rings is 1. The van der Waals surface area contributed by atoms with Crippen LogP contribution in [0.25, 0.3) is 0 Å². The Morgan fingerprint density at radius 2 is 1.92 bits per heavy atom. The van der Waals surface area contributed by atoms with Crippen molar-refractivity contribution in [3.63, 3.8) is 0 Å². The minimum absolute atomic E-state index is 0.100. The topological polar surface area (TPSA) is 87.3 Å². The summed E-state index contributed by atoms with van der Waals surface area (Å²) in [6.45, 7) is 1.53. The summed E-state index contributed by atoms with van der Waals surface area (Å²) in [6.07, 6.45) is 5.29. The summed E-state index contributed by atoms with van der Waals surface area (Å²) in [5.41, 5.74) is 0.989. The molecule has 2 fully saturated rings. The Morgan fingerprint density at radius 3 is 2.58 bits per heavy atom. The highest BCUT2D eigenvalue weighted by Gasteiger charge is 2.30. The molecule has 0 radical (unpaired) electrons. The van der Waals surface area contributed by atoms with Gasteiger partial charge in [0.1, 0.15) is 9.84 Å². The predicted molar refractivity (Wildman–Crippen MR) is 91.4 cm³/mol. The standard InChI is InChI=1S/C17H24N2O4S/c20-16-2-1-14(11-18-16)9-15-3-6-19(12-15)17(21)10-13-4-7-24(22,23)8-5-13/h1-2,11,13,15H,3-10,12H2,(H,18,20). The van der Waals surface area contributed by atoms with Crippen molar-refractivity contribution < 1.29 is 13.2 Å². The van der Waals surface area contributed by atoms with Crippen LogP contribution in [0, 0.1) is 11.8 Å². The molecule has 2 aliphatic rings. The zero-order chi connectivity index (χ0) is 17.2. The van der Waals surface area contributed by atoms with E-state index >= 15 is 0 Å². The molecule has 1 aromatic rings. The van der Waals surface area contributed by atoms with Crippen molar-refractivity contribution in [1.82, 2.24) is 9.88 Å². The van der Waals surface area contributed by atoms with Crippen LogP contribution >= 0.6 is 0 Å². The molecule has 0 aliphatic carbocycles. The first-order valence-corrected chi connectivity index (χ1v) is 10.4. The maximum Gasteiger partial charge on any atom is 0.247 e. The molecule has 2 aliphatic heterocycles. The Morgan fingerprint density at radius 1 is 1.17 bits per heavy atom. The molecular formula is C17H24N2O4S. The number of hydrogen-bond donors (Lipinski definition) is 1. The van der Waals surface area contributed by atoms with E-state index in [1.165, 1.54) is 6.07 Å². The fourth-order valence-corrected chi connectivity index (χ4v) is 5.24. The van der Waals surface area contributed by atoms with E-state index in [4.69, 9.17) is 0 Å². The van der Waals surface area contributed by atoms with Crippen LogP contribution < -0.4 is 5.56 Å². The van der Waals surface area contributed by atoms with Gasteiger partial charge in [-0.25, -0.2) is 8.42 Å². The molecule has 3 rings (SSSR count). The van der Waals surface area contributed by atoms with E-state index in [0.29, 0.717) is 25.2 Å². The van der Waals surface area contributed by atoms with Crippen molar-refractivity contribution in [2.75, 3.05) is 24.6 Å². The minimum Gasteiger partial charge on any atom is -0.342 e. The van der Waals surface area contributed by atoms with E-state index in [0.717, 1.165) is 31.5 Å². The molecular weight excluding hydrogens is 328 g/mol. The highest BCUT2D eigenvalue weighted by molar-refractivity contribution is 7.91. The third kappa shape index (κ3) is 4.47. The van der Waals surface area contributed by atoms with E-state index in [9.17, 15) is 18.0 Å². The Balaban J connectivity index is 1.47. The fourth-order valence-electron chi connectivity index (χ4n) is 3.65. The summed E-state index contributed by atoms with van der Waals surface area (Å²) in [5.74, 6) is 1.23. The number of aromatic amines is 1. The first kappa shape index (κ1) is 17.2.